The van der Waals surface area contributed by atoms with Crippen LogP contribution in [0.4, 0.5) is 0 Å². The van der Waals surface area contributed by atoms with E-state index in [1.54, 1.807) is 0 Å². The smallest absolute Gasteiger partial charge is 0.306 e. The number of hydrogen-bond acceptors (Lipinski definition) is 6. The van der Waals surface area contributed by atoms with Crippen LogP contribution in [-0.2, 0) is 28.6 Å². The van der Waals surface area contributed by atoms with E-state index in [0.29, 0.717) is 19.3 Å². The molecular weight excluding hydrogens is 733 g/mol. The van der Waals surface area contributed by atoms with Gasteiger partial charge in [0.15, 0.2) is 6.10 Å². The summed E-state index contributed by atoms with van der Waals surface area (Å²) in [6.07, 6.45) is 59.1. The van der Waals surface area contributed by atoms with Gasteiger partial charge in [-0.05, 0) is 70.6 Å². The SMILES string of the molecule is CC/C=C\C/C=C\C/C=C\C/C=C\C/C=C\C/C=C\CCCCC(=O)OCC(COC(=O)CCCCCCCC)OC(=O)CCCCCCCCCCCCCCCC. The summed E-state index contributed by atoms with van der Waals surface area (Å²) in [5.74, 6) is -0.943. The van der Waals surface area contributed by atoms with E-state index in [0.717, 1.165) is 96.3 Å². The molecule has 0 rings (SSSR count). The molecule has 0 saturated heterocycles. The number of hydrogen-bond donors (Lipinski definition) is 0. The van der Waals surface area contributed by atoms with Gasteiger partial charge in [0.2, 0.25) is 0 Å². The first-order valence-corrected chi connectivity index (χ1v) is 24.4. The third kappa shape index (κ3) is 45.8. The number of esters is 3. The molecule has 59 heavy (non-hydrogen) atoms. The van der Waals surface area contributed by atoms with Crippen LogP contribution >= 0.6 is 0 Å². The van der Waals surface area contributed by atoms with E-state index in [2.05, 4.69) is 93.7 Å². The van der Waals surface area contributed by atoms with Gasteiger partial charge < -0.3 is 14.2 Å². The normalized spacial score (nSPS) is 12.7. The number of ether oxygens (including phenoxy) is 3. The highest BCUT2D eigenvalue weighted by atomic mass is 16.6. The third-order valence-electron chi connectivity index (χ3n) is 10.2. The Morgan fingerprint density at radius 3 is 1.03 bits per heavy atom. The van der Waals surface area contributed by atoms with E-state index < -0.39 is 6.10 Å². The quantitative estimate of drug-likeness (QED) is 0.0264. The molecule has 0 aromatic heterocycles. The molecule has 0 fully saturated rings. The van der Waals surface area contributed by atoms with Crippen molar-refractivity contribution < 1.29 is 28.6 Å². The molecule has 6 heteroatoms. The molecule has 0 aromatic carbocycles. The van der Waals surface area contributed by atoms with Gasteiger partial charge in [-0.15, -0.1) is 0 Å². The summed E-state index contributed by atoms with van der Waals surface area (Å²) in [5, 5.41) is 0. The first-order valence-electron chi connectivity index (χ1n) is 24.4. The second-order valence-corrected chi connectivity index (χ2v) is 16.0. The van der Waals surface area contributed by atoms with Crippen LogP contribution in [0.25, 0.3) is 0 Å². The van der Waals surface area contributed by atoms with Gasteiger partial charge in [-0.2, -0.15) is 0 Å². The van der Waals surface area contributed by atoms with Crippen molar-refractivity contribution in [2.24, 2.45) is 0 Å². The molecule has 0 amide bonds. The van der Waals surface area contributed by atoms with Gasteiger partial charge in [0.25, 0.3) is 0 Å². The van der Waals surface area contributed by atoms with Crippen LogP contribution in [0.15, 0.2) is 72.9 Å². The van der Waals surface area contributed by atoms with Gasteiger partial charge >= 0.3 is 17.9 Å². The highest BCUT2D eigenvalue weighted by Gasteiger charge is 2.19. The van der Waals surface area contributed by atoms with Crippen molar-refractivity contribution >= 4 is 17.9 Å². The van der Waals surface area contributed by atoms with Crippen molar-refractivity contribution in [3.05, 3.63) is 72.9 Å². The Labute approximate surface area is 363 Å². The van der Waals surface area contributed by atoms with Crippen molar-refractivity contribution in [1.29, 1.82) is 0 Å². The number of rotatable bonds is 43. The van der Waals surface area contributed by atoms with Crippen LogP contribution in [0.1, 0.15) is 226 Å². The Morgan fingerprint density at radius 1 is 0.356 bits per heavy atom. The molecule has 0 spiro atoms. The molecule has 0 aliphatic heterocycles. The monoisotopic (exact) mass is 823 g/mol. The van der Waals surface area contributed by atoms with Gasteiger partial charge in [-0.1, -0.05) is 209 Å². The van der Waals surface area contributed by atoms with E-state index in [1.165, 1.54) is 89.9 Å². The van der Waals surface area contributed by atoms with E-state index in [9.17, 15) is 14.4 Å². The van der Waals surface area contributed by atoms with Crippen LogP contribution in [0, 0.1) is 0 Å². The third-order valence-corrected chi connectivity index (χ3v) is 10.2. The maximum absolute atomic E-state index is 12.7. The molecule has 1 unspecified atom stereocenters. The fourth-order valence-corrected chi connectivity index (χ4v) is 6.56. The molecule has 1 atom stereocenters. The summed E-state index contributed by atoms with van der Waals surface area (Å²) in [6, 6.07) is 0. The average Bonchev–Trinajstić information content (AvgIpc) is 3.23. The first-order chi connectivity index (χ1) is 29.0. The second kappa shape index (κ2) is 47.5. The van der Waals surface area contributed by atoms with Gasteiger partial charge in [0, 0.05) is 19.3 Å². The molecule has 0 aliphatic rings. The van der Waals surface area contributed by atoms with E-state index in [4.69, 9.17) is 14.2 Å². The van der Waals surface area contributed by atoms with Gasteiger partial charge in [-0.3, -0.25) is 14.4 Å². The van der Waals surface area contributed by atoms with Crippen molar-refractivity contribution in [2.45, 2.75) is 232 Å². The zero-order valence-corrected chi connectivity index (χ0v) is 38.5. The van der Waals surface area contributed by atoms with Gasteiger partial charge in [0.05, 0.1) is 0 Å². The summed E-state index contributed by atoms with van der Waals surface area (Å²) in [5.41, 5.74) is 0. The molecule has 6 nitrogen and oxygen atoms in total. The number of carbonyl (C=O) groups excluding carboxylic acids is 3. The van der Waals surface area contributed by atoms with Crippen LogP contribution in [0.5, 0.6) is 0 Å². The van der Waals surface area contributed by atoms with Crippen molar-refractivity contribution in [3.8, 4) is 0 Å². The minimum absolute atomic E-state index is 0.0882. The molecule has 0 aromatic rings. The van der Waals surface area contributed by atoms with Crippen molar-refractivity contribution in [2.75, 3.05) is 13.2 Å². The minimum atomic E-state index is -0.787. The summed E-state index contributed by atoms with van der Waals surface area (Å²) >= 11 is 0. The van der Waals surface area contributed by atoms with Crippen LogP contribution in [0.3, 0.4) is 0 Å². The van der Waals surface area contributed by atoms with Crippen LogP contribution < -0.4 is 0 Å². The average molecular weight is 823 g/mol. The molecule has 0 heterocycles. The lowest BCUT2D eigenvalue weighted by Gasteiger charge is -2.18. The van der Waals surface area contributed by atoms with Crippen molar-refractivity contribution in [1.82, 2.24) is 0 Å². The van der Waals surface area contributed by atoms with E-state index in [-0.39, 0.29) is 31.1 Å². The highest BCUT2D eigenvalue weighted by molar-refractivity contribution is 5.71. The maximum atomic E-state index is 12.7. The Balaban J connectivity index is 4.31. The lowest BCUT2D eigenvalue weighted by Crippen LogP contribution is -2.30. The fourth-order valence-electron chi connectivity index (χ4n) is 6.56. The summed E-state index contributed by atoms with van der Waals surface area (Å²) < 4.78 is 16.6. The first kappa shape index (κ1) is 55.9. The Bertz CT molecular complexity index is 1130. The minimum Gasteiger partial charge on any atom is -0.462 e. The zero-order chi connectivity index (χ0) is 43.0. The van der Waals surface area contributed by atoms with Crippen LogP contribution in [-0.4, -0.2) is 37.2 Å². The highest BCUT2D eigenvalue weighted by Crippen LogP contribution is 2.14. The molecule has 0 saturated carbocycles. The molecule has 0 bridgehead atoms. The standard InChI is InChI=1S/C53H90O6/c1-4-7-10-13-16-18-20-22-24-25-26-27-28-29-30-32-33-35-37-40-43-46-52(55)58-49-50(48-57-51(54)45-42-39-15-12-9-6-3)59-53(56)47-44-41-38-36-34-31-23-21-19-17-14-11-8-5-2/h7,10,16,18,22,24,26-27,29-30,33,35,50H,4-6,8-9,11-15,17,19-21,23,25,28,31-32,34,36-49H2,1-3H3/b10-7-,18-16-,24-22-,27-26-,30-29-,35-33-. The largest absolute Gasteiger partial charge is 0.462 e. The summed E-state index contributed by atoms with van der Waals surface area (Å²) in [6.45, 7) is 6.42. The topological polar surface area (TPSA) is 78.9 Å². The second-order valence-electron chi connectivity index (χ2n) is 16.0. The van der Waals surface area contributed by atoms with Gasteiger partial charge in [0.1, 0.15) is 13.2 Å². The van der Waals surface area contributed by atoms with E-state index >= 15 is 0 Å². The lowest BCUT2D eigenvalue weighted by atomic mass is 10.0. The predicted octanol–water partition coefficient (Wildman–Crippen LogP) is 15.9. The lowest BCUT2D eigenvalue weighted by molar-refractivity contribution is -0.167. The number of allylic oxidation sites excluding steroid dienone is 12. The number of unbranched alkanes of at least 4 members (excludes halogenated alkanes) is 20. The summed E-state index contributed by atoms with van der Waals surface area (Å²) in [4.78, 5) is 37.6. The molecule has 0 aliphatic carbocycles. The Kier molecular flexibility index (Phi) is 45.0. The molecular formula is C53H90O6. The fraction of sp³-hybridized carbons (Fsp3) is 0.717. The zero-order valence-electron chi connectivity index (χ0n) is 38.5. The Morgan fingerprint density at radius 2 is 0.661 bits per heavy atom. The van der Waals surface area contributed by atoms with E-state index in [1.807, 2.05) is 0 Å². The Hall–Kier alpha value is -3.15. The van der Waals surface area contributed by atoms with Crippen molar-refractivity contribution in [3.63, 3.8) is 0 Å². The summed E-state index contributed by atoms with van der Waals surface area (Å²) in [7, 11) is 0. The van der Waals surface area contributed by atoms with Gasteiger partial charge in [-0.25, -0.2) is 0 Å². The maximum Gasteiger partial charge on any atom is 0.306 e. The number of carbonyl (C=O) groups is 3. The molecule has 338 valence electrons. The molecule has 0 radical (unpaired) electrons. The van der Waals surface area contributed by atoms with Crippen LogP contribution in [0.2, 0.25) is 0 Å². The predicted molar refractivity (Wildman–Crippen MR) is 251 cm³/mol. The molecule has 0 N–H and O–H groups in total.